The Morgan fingerprint density at radius 2 is 2.17 bits per heavy atom. The second-order valence-corrected chi connectivity index (χ2v) is 6.08. The second kappa shape index (κ2) is 7.75. The van der Waals surface area contributed by atoms with Crippen molar-refractivity contribution >= 4 is 17.3 Å². The first-order chi connectivity index (χ1) is 11.0. The number of nitrogens with zero attached hydrogens (tertiary/aromatic N) is 2. The Morgan fingerprint density at radius 3 is 2.78 bits per heavy atom. The lowest BCUT2D eigenvalue weighted by Gasteiger charge is -2.10. The zero-order valence-electron chi connectivity index (χ0n) is 13.3. The van der Waals surface area contributed by atoms with Crippen molar-refractivity contribution in [1.29, 1.82) is 5.26 Å². The van der Waals surface area contributed by atoms with Crippen LogP contribution in [-0.4, -0.2) is 17.6 Å². The van der Waals surface area contributed by atoms with Crippen molar-refractivity contribution in [2.45, 2.75) is 33.1 Å². The van der Waals surface area contributed by atoms with Crippen molar-refractivity contribution in [3.63, 3.8) is 0 Å². The molecular weight excluding hydrogens is 312 g/mol. The van der Waals surface area contributed by atoms with Crippen LogP contribution in [0.4, 0.5) is 0 Å². The van der Waals surface area contributed by atoms with Gasteiger partial charge in [-0.2, -0.15) is 5.26 Å². The van der Waals surface area contributed by atoms with Crippen molar-refractivity contribution in [2.75, 3.05) is 6.61 Å². The maximum atomic E-state index is 12.1. The van der Waals surface area contributed by atoms with Gasteiger partial charge >= 0.3 is 5.97 Å². The van der Waals surface area contributed by atoms with Crippen molar-refractivity contribution in [3.8, 4) is 17.6 Å². The van der Waals surface area contributed by atoms with Gasteiger partial charge in [-0.1, -0.05) is 13.8 Å². The molecule has 0 saturated heterocycles. The standard InChI is InChI=1S/C17H18N2O3S/c1-4-21-15-7-12(9-18)5-6-14(15)22-16(20)8-13-10-23-17(19-13)11(2)3/h5-7,10-11H,4,8H2,1-3H3. The molecule has 2 aromatic rings. The van der Waals surface area contributed by atoms with E-state index in [0.29, 0.717) is 35.3 Å². The maximum Gasteiger partial charge on any atom is 0.317 e. The highest BCUT2D eigenvalue weighted by Crippen LogP contribution is 2.29. The lowest BCUT2D eigenvalue weighted by atomic mass is 10.2. The number of hydrogen-bond donors (Lipinski definition) is 0. The SMILES string of the molecule is CCOc1cc(C#N)ccc1OC(=O)Cc1csc(C(C)C)n1. The number of ether oxygens (including phenoxy) is 2. The molecule has 23 heavy (non-hydrogen) atoms. The number of rotatable bonds is 6. The molecular formula is C17H18N2O3S. The molecule has 2 rings (SSSR count). The van der Waals surface area contributed by atoms with Crippen molar-refractivity contribution < 1.29 is 14.3 Å². The fourth-order valence-electron chi connectivity index (χ4n) is 1.91. The van der Waals surface area contributed by atoms with Crippen LogP contribution in [-0.2, 0) is 11.2 Å². The van der Waals surface area contributed by atoms with Gasteiger partial charge in [0.1, 0.15) is 0 Å². The molecule has 0 aliphatic rings. The van der Waals surface area contributed by atoms with E-state index in [9.17, 15) is 4.79 Å². The molecule has 6 heteroatoms. The van der Waals surface area contributed by atoms with Crippen LogP contribution >= 0.6 is 11.3 Å². The Balaban J connectivity index is 2.08. The predicted molar refractivity (Wildman–Crippen MR) is 87.9 cm³/mol. The van der Waals surface area contributed by atoms with Gasteiger partial charge in [-0.15, -0.1) is 11.3 Å². The third-order valence-electron chi connectivity index (χ3n) is 2.99. The molecule has 0 aliphatic heterocycles. The van der Waals surface area contributed by atoms with Crippen LogP contribution in [0.1, 0.15) is 43.0 Å². The van der Waals surface area contributed by atoms with Gasteiger partial charge in [0.15, 0.2) is 11.5 Å². The fraction of sp³-hybridized carbons (Fsp3) is 0.353. The smallest absolute Gasteiger partial charge is 0.317 e. The minimum atomic E-state index is -0.406. The van der Waals surface area contributed by atoms with Crippen LogP contribution in [0.3, 0.4) is 0 Å². The second-order valence-electron chi connectivity index (χ2n) is 5.19. The summed E-state index contributed by atoms with van der Waals surface area (Å²) in [5, 5.41) is 11.8. The summed E-state index contributed by atoms with van der Waals surface area (Å²) in [6, 6.07) is 6.75. The van der Waals surface area contributed by atoms with E-state index >= 15 is 0 Å². The van der Waals surface area contributed by atoms with Gasteiger partial charge in [-0.3, -0.25) is 4.79 Å². The van der Waals surface area contributed by atoms with E-state index in [2.05, 4.69) is 18.8 Å². The number of carbonyl (C=O) groups excluding carboxylic acids is 1. The number of carbonyl (C=O) groups is 1. The van der Waals surface area contributed by atoms with Gasteiger partial charge in [0.2, 0.25) is 0 Å². The summed E-state index contributed by atoms with van der Waals surface area (Å²) < 4.78 is 10.8. The monoisotopic (exact) mass is 330 g/mol. The summed E-state index contributed by atoms with van der Waals surface area (Å²) in [5.41, 5.74) is 1.16. The molecule has 0 amide bonds. The lowest BCUT2D eigenvalue weighted by Crippen LogP contribution is -2.12. The Kier molecular flexibility index (Phi) is 5.72. The maximum absolute atomic E-state index is 12.1. The highest BCUT2D eigenvalue weighted by Gasteiger charge is 2.14. The van der Waals surface area contributed by atoms with Gasteiger partial charge in [0.05, 0.1) is 35.4 Å². The number of benzene rings is 1. The first kappa shape index (κ1) is 17.0. The van der Waals surface area contributed by atoms with Crippen LogP contribution in [0.25, 0.3) is 0 Å². The molecule has 0 aliphatic carbocycles. The molecule has 1 aromatic carbocycles. The summed E-state index contributed by atoms with van der Waals surface area (Å²) in [6.45, 7) is 6.37. The molecule has 0 radical (unpaired) electrons. The molecule has 0 atom stereocenters. The lowest BCUT2D eigenvalue weighted by molar-refractivity contribution is -0.133. The molecule has 0 spiro atoms. The summed E-state index contributed by atoms with van der Waals surface area (Å²) in [7, 11) is 0. The van der Waals surface area contributed by atoms with Gasteiger partial charge in [0.25, 0.3) is 0 Å². The van der Waals surface area contributed by atoms with E-state index < -0.39 is 5.97 Å². The quantitative estimate of drug-likeness (QED) is 0.597. The largest absolute Gasteiger partial charge is 0.490 e. The van der Waals surface area contributed by atoms with E-state index in [1.807, 2.05) is 18.4 Å². The molecule has 1 heterocycles. The summed E-state index contributed by atoms with van der Waals surface area (Å²) >= 11 is 1.54. The fourth-order valence-corrected chi connectivity index (χ4v) is 2.74. The van der Waals surface area contributed by atoms with Crippen LogP contribution in [0.5, 0.6) is 11.5 Å². The van der Waals surface area contributed by atoms with Gasteiger partial charge in [-0.25, -0.2) is 4.98 Å². The van der Waals surface area contributed by atoms with Crippen LogP contribution in [0, 0.1) is 11.3 Å². The zero-order valence-corrected chi connectivity index (χ0v) is 14.1. The van der Waals surface area contributed by atoms with Crippen LogP contribution < -0.4 is 9.47 Å². The van der Waals surface area contributed by atoms with E-state index in [4.69, 9.17) is 14.7 Å². The third-order valence-corrected chi connectivity index (χ3v) is 4.18. The first-order valence-electron chi connectivity index (χ1n) is 7.35. The van der Waals surface area contributed by atoms with Crippen LogP contribution in [0.15, 0.2) is 23.6 Å². The highest BCUT2D eigenvalue weighted by molar-refractivity contribution is 7.09. The van der Waals surface area contributed by atoms with Crippen LogP contribution in [0.2, 0.25) is 0 Å². The van der Waals surface area contributed by atoms with Crippen molar-refractivity contribution in [1.82, 2.24) is 4.98 Å². The summed E-state index contributed by atoms with van der Waals surface area (Å²) in [6.07, 6.45) is 0.106. The first-order valence-corrected chi connectivity index (χ1v) is 8.23. The normalized spacial score (nSPS) is 10.4. The number of aromatic nitrogens is 1. The van der Waals surface area contributed by atoms with Crippen molar-refractivity contribution in [2.24, 2.45) is 0 Å². The van der Waals surface area contributed by atoms with Gasteiger partial charge < -0.3 is 9.47 Å². The number of thiazole rings is 1. The summed E-state index contributed by atoms with van der Waals surface area (Å²) in [4.78, 5) is 16.5. The summed E-state index contributed by atoms with van der Waals surface area (Å²) in [5.74, 6) is 0.639. The minimum absolute atomic E-state index is 0.106. The Morgan fingerprint density at radius 1 is 1.39 bits per heavy atom. The van der Waals surface area contributed by atoms with Gasteiger partial charge in [-0.05, 0) is 19.1 Å². The molecule has 0 saturated carbocycles. The predicted octanol–water partition coefficient (Wildman–Crippen LogP) is 3.68. The molecule has 0 N–H and O–H groups in total. The number of nitriles is 1. The zero-order chi connectivity index (χ0) is 16.8. The number of esters is 1. The topological polar surface area (TPSA) is 72.2 Å². The minimum Gasteiger partial charge on any atom is -0.490 e. The van der Waals surface area contributed by atoms with Crippen molar-refractivity contribution in [3.05, 3.63) is 39.8 Å². The Hall–Kier alpha value is -2.39. The third kappa shape index (κ3) is 4.54. The molecule has 0 unspecified atom stereocenters. The van der Waals surface area contributed by atoms with Gasteiger partial charge in [0, 0.05) is 17.4 Å². The number of hydrogen-bond acceptors (Lipinski definition) is 6. The van der Waals surface area contributed by atoms with E-state index in [0.717, 1.165) is 5.01 Å². The average Bonchev–Trinajstić information content (AvgIpc) is 2.98. The molecule has 0 fully saturated rings. The highest BCUT2D eigenvalue weighted by atomic mass is 32.1. The molecule has 5 nitrogen and oxygen atoms in total. The molecule has 0 bridgehead atoms. The molecule has 1 aromatic heterocycles. The van der Waals surface area contributed by atoms with E-state index in [1.165, 1.54) is 0 Å². The Bertz CT molecular complexity index is 732. The Labute approximate surface area is 139 Å². The average molecular weight is 330 g/mol. The van der Waals surface area contributed by atoms with E-state index in [-0.39, 0.29) is 6.42 Å². The van der Waals surface area contributed by atoms with E-state index in [1.54, 1.807) is 29.5 Å². The molecule has 120 valence electrons.